The SMILES string of the molecule is COC(=O)c1csc(C(O)C2CCC(C=NC(=O)OC(C)(C)C)CC2)c1C. The van der Waals surface area contributed by atoms with Crippen LogP contribution in [-0.2, 0) is 9.47 Å². The van der Waals surface area contributed by atoms with Crippen LogP contribution in [0.3, 0.4) is 0 Å². The zero-order valence-electron chi connectivity index (χ0n) is 16.7. The highest BCUT2D eigenvalue weighted by molar-refractivity contribution is 7.10. The van der Waals surface area contributed by atoms with E-state index in [4.69, 9.17) is 9.47 Å². The Hall–Kier alpha value is -1.73. The summed E-state index contributed by atoms with van der Waals surface area (Å²) in [6, 6.07) is 0. The number of thiophene rings is 1. The minimum absolute atomic E-state index is 0.138. The minimum atomic E-state index is -0.586. The first kappa shape index (κ1) is 21.6. The number of hydrogen-bond acceptors (Lipinski definition) is 6. The molecule has 0 aromatic carbocycles. The molecular weight excluding hydrogens is 366 g/mol. The summed E-state index contributed by atoms with van der Waals surface area (Å²) >= 11 is 1.40. The summed E-state index contributed by atoms with van der Waals surface area (Å²) in [6.45, 7) is 7.28. The second-order valence-corrected chi connectivity index (χ2v) is 8.92. The van der Waals surface area contributed by atoms with Crippen molar-refractivity contribution in [2.24, 2.45) is 16.8 Å². The maximum absolute atomic E-state index is 11.8. The fraction of sp³-hybridized carbons (Fsp3) is 0.650. The van der Waals surface area contributed by atoms with Gasteiger partial charge in [0.05, 0.1) is 18.8 Å². The normalized spacial score (nSPS) is 21.9. The number of amides is 1. The molecule has 1 amide bonds. The van der Waals surface area contributed by atoms with Crippen LogP contribution in [-0.4, -0.2) is 36.1 Å². The van der Waals surface area contributed by atoms with E-state index >= 15 is 0 Å². The van der Waals surface area contributed by atoms with Crippen molar-refractivity contribution < 1.29 is 24.2 Å². The molecule has 1 atom stereocenters. The fourth-order valence-corrected chi connectivity index (χ4v) is 4.45. The standard InChI is InChI=1S/C20H29NO5S/c1-12-15(18(23)25-5)11-27-17(12)16(22)14-8-6-13(7-9-14)10-21-19(24)26-20(2,3)4/h10-11,13-14,16,22H,6-9H2,1-5H3. The highest BCUT2D eigenvalue weighted by atomic mass is 32.1. The number of esters is 1. The van der Waals surface area contributed by atoms with Crippen molar-refractivity contribution in [3.8, 4) is 0 Å². The second kappa shape index (κ2) is 8.97. The van der Waals surface area contributed by atoms with Crippen LogP contribution in [0.2, 0.25) is 0 Å². The Morgan fingerprint density at radius 2 is 1.93 bits per heavy atom. The number of nitrogens with zero attached hydrogens (tertiary/aromatic N) is 1. The highest BCUT2D eigenvalue weighted by Crippen LogP contribution is 2.40. The summed E-state index contributed by atoms with van der Waals surface area (Å²) in [7, 11) is 1.36. The molecule has 0 spiro atoms. The third-order valence-electron chi connectivity index (χ3n) is 4.80. The predicted octanol–water partition coefficient (Wildman–Crippen LogP) is 4.69. The van der Waals surface area contributed by atoms with E-state index in [-0.39, 0.29) is 17.8 Å². The number of methoxy groups -OCH3 is 1. The van der Waals surface area contributed by atoms with Crippen LogP contribution in [0.5, 0.6) is 0 Å². The molecule has 7 heteroatoms. The van der Waals surface area contributed by atoms with Gasteiger partial charge in [0.2, 0.25) is 0 Å². The minimum Gasteiger partial charge on any atom is -0.465 e. The van der Waals surface area contributed by atoms with Gasteiger partial charge < -0.3 is 14.6 Å². The number of aliphatic hydroxyl groups is 1. The van der Waals surface area contributed by atoms with E-state index in [1.54, 1.807) is 11.6 Å². The van der Waals surface area contributed by atoms with Gasteiger partial charge in [-0.15, -0.1) is 11.3 Å². The van der Waals surface area contributed by atoms with Crippen LogP contribution in [0.25, 0.3) is 0 Å². The van der Waals surface area contributed by atoms with Crippen molar-refractivity contribution in [1.29, 1.82) is 0 Å². The predicted molar refractivity (Wildman–Crippen MR) is 106 cm³/mol. The smallest absolute Gasteiger partial charge is 0.433 e. The van der Waals surface area contributed by atoms with Gasteiger partial charge in [-0.2, -0.15) is 4.99 Å². The molecule has 1 aromatic rings. The van der Waals surface area contributed by atoms with Gasteiger partial charge in [-0.1, -0.05) is 0 Å². The molecule has 27 heavy (non-hydrogen) atoms. The van der Waals surface area contributed by atoms with Crippen LogP contribution < -0.4 is 0 Å². The van der Waals surface area contributed by atoms with Crippen molar-refractivity contribution in [3.05, 3.63) is 21.4 Å². The number of aliphatic hydroxyl groups excluding tert-OH is 1. The Labute approximate surface area is 164 Å². The average Bonchev–Trinajstić information content (AvgIpc) is 2.99. The van der Waals surface area contributed by atoms with Crippen LogP contribution in [0, 0.1) is 18.8 Å². The maximum atomic E-state index is 11.8. The first-order valence-corrected chi connectivity index (χ1v) is 10.1. The second-order valence-electron chi connectivity index (χ2n) is 8.01. The maximum Gasteiger partial charge on any atom is 0.433 e. The first-order valence-electron chi connectivity index (χ1n) is 9.24. The van der Waals surface area contributed by atoms with E-state index in [2.05, 4.69) is 4.99 Å². The van der Waals surface area contributed by atoms with Gasteiger partial charge in [0.1, 0.15) is 5.60 Å². The summed E-state index contributed by atoms with van der Waals surface area (Å²) < 4.78 is 9.96. The van der Waals surface area contributed by atoms with Crippen LogP contribution >= 0.6 is 11.3 Å². The van der Waals surface area contributed by atoms with Crippen molar-refractivity contribution >= 4 is 29.6 Å². The number of carbonyl (C=O) groups is 2. The summed E-state index contributed by atoms with van der Waals surface area (Å²) in [5.74, 6) is -0.0145. The lowest BCUT2D eigenvalue weighted by atomic mass is 9.79. The lowest BCUT2D eigenvalue weighted by Gasteiger charge is -2.30. The molecule has 0 saturated heterocycles. The highest BCUT2D eigenvalue weighted by Gasteiger charge is 2.30. The quantitative estimate of drug-likeness (QED) is 0.590. The Morgan fingerprint density at radius 3 is 2.48 bits per heavy atom. The van der Waals surface area contributed by atoms with E-state index in [1.807, 2.05) is 27.7 Å². The van der Waals surface area contributed by atoms with E-state index < -0.39 is 17.8 Å². The van der Waals surface area contributed by atoms with Gasteiger partial charge >= 0.3 is 12.1 Å². The molecule has 6 nitrogen and oxygen atoms in total. The molecule has 0 bridgehead atoms. The van der Waals surface area contributed by atoms with Gasteiger partial charge in [0.15, 0.2) is 0 Å². The van der Waals surface area contributed by atoms with E-state index in [1.165, 1.54) is 18.4 Å². The lowest BCUT2D eigenvalue weighted by Crippen LogP contribution is -2.23. The van der Waals surface area contributed by atoms with Crippen molar-refractivity contribution in [2.75, 3.05) is 7.11 Å². The molecule has 1 aliphatic rings. The van der Waals surface area contributed by atoms with Crippen LogP contribution in [0.1, 0.15) is 73.4 Å². The average molecular weight is 396 g/mol. The molecule has 0 aliphatic heterocycles. The molecule has 1 unspecified atom stereocenters. The zero-order chi connectivity index (χ0) is 20.2. The lowest BCUT2D eigenvalue weighted by molar-refractivity contribution is 0.0589. The monoisotopic (exact) mass is 395 g/mol. The molecule has 1 heterocycles. The Morgan fingerprint density at radius 1 is 1.30 bits per heavy atom. The molecule has 2 rings (SSSR count). The van der Waals surface area contributed by atoms with E-state index in [0.717, 1.165) is 36.1 Å². The van der Waals surface area contributed by atoms with Gasteiger partial charge in [0, 0.05) is 16.5 Å². The molecule has 1 saturated carbocycles. The summed E-state index contributed by atoms with van der Waals surface area (Å²) in [5, 5.41) is 12.5. The Balaban J connectivity index is 1.91. The van der Waals surface area contributed by atoms with Crippen LogP contribution in [0.15, 0.2) is 10.4 Å². The third kappa shape index (κ3) is 5.87. The fourth-order valence-electron chi connectivity index (χ4n) is 3.31. The molecular formula is C20H29NO5S. The number of aliphatic imine (C=N–C) groups is 1. The largest absolute Gasteiger partial charge is 0.465 e. The van der Waals surface area contributed by atoms with Crippen molar-refractivity contribution in [1.82, 2.24) is 0 Å². The summed E-state index contributed by atoms with van der Waals surface area (Å²) in [6.07, 6.45) is 3.95. The summed E-state index contributed by atoms with van der Waals surface area (Å²) in [4.78, 5) is 28.2. The first-order chi connectivity index (χ1) is 12.6. The number of ether oxygens (including phenoxy) is 2. The number of rotatable bonds is 4. The topological polar surface area (TPSA) is 85.2 Å². The van der Waals surface area contributed by atoms with Crippen LogP contribution in [0.4, 0.5) is 4.79 Å². The van der Waals surface area contributed by atoms with Gasteiger partial charge in [0.25, 0.3) is 0 Å². The Bertz CT molecular complexity index is 696. The molecule has 1 fully saturated rings. The molecule has 0 radical (unpaired) electrons. The molecule has 1 N–H and O–H groups in total. The Kier molecular flexibility index (Phi) is 7.17. The third-order valence-corrected chi connectivity index (χ3v) is 5.95. The summed E-state index contributed by atoms with van der Waals surface area (Å²) in [5.41, 5.74) is 0.778. The van der Waals surface area contributed by atoms with E-state index in [9.17, 15) is 14.7 Å². The zero-order valence-corrected chi connectivity index (χ0v) is 17.5. The van der Waals surface area contributed by atoms with Gasteiger partial charge in [-0.25, -0.2) is 9.59 Å². The number of carbonyl (C=O) groups excluding carboxylic acids is 2. The molecule has 1 aromatic heterocycles. The molecule has 1 aliphatic carbocycles. The van der Waals surface area contributed by atoms with Gasteiger partial charge in [-0.3, -0.25) is 0 Å². The number of hydrogen-bond donors (Lipinski definition) is 1. The molecule has 150 valence electrons. The van der Waals surface area contributed by atoms with Crippen molar-refractivity contribution in [3.63, 3.8) is 0 Å². The van der Waals surface area contributed by atoms with Crippen molar-refractivity contribution in [2.45, 2.75) is 65.1 Å². The van der Waals surface area contributed by atoms with Gasteiger partial charge in [-0.05, 0) is 70.8 Å². The van der Waals surface area contributed by atoms with E-state index in [0.29, 0.717) is 5.56 Å².